The third-order valence-corrected chi connectivity index (χ3v) is 5.40. The van der Waals surface area contributed by atoms with Crippen LogP contribution in [0, 0.1) is 0 Å². The van der Waals surface area contributed by atoms with E-state index >= 15 is 0 Å². The van der Waals surface area contributed by atoms with Gasteiger partial charge in [0.15, 0.2) is 6.61 Å². The fourth-order valence-corrected chi connectivity index (χ4v) is 3.75. The van der Waals surface area contributed by atoms with Gasteiger partial charge in [0, 0.05) is 48.5 Å². The van der Waals surface area contributed by atoms with Crippen molar-refractivity contribution < 1.29 is 9.53 Å². The second kappa shape index (κ2) is 8.25. The second-order valence-corrected chi connectivity index (χ2v) is 7.43. The zero-order chi connectivity index (χ0) is 19.5. The number of halogens is 2. The topological polar surface area (TPSA) is 45.7 Å². The molecule has 1 aliphatic heterocycles. The van der Waals surface area contributed by atoms with Crippen LogP contribution in [0.5, 0.6) is 5.75 Å². The molecule has 0 bridgehead atoms. The zero-order valence-electron chi connectivity index (χ0n) is 15.1. The van der Waals surface area contributed by atoms with Gasteiger partial charge in [0.05, 0.1) is 5.02 Å². The summed E-state index contributed by atoms with van der Waals surface area (Å²) in [5.41, 5.74) is 1.74. The summed E-state index contributed by atoms with van der Waals surface area (Å²) in [6.07, 6.45) is 1.68. The molecular weight excluding hydrogens is 397 g/mol. The van der Waals surface area contributed by atoms with Crippen molar-refractivity contribution >= 4 is 45.7 Å². The summed E-state index contributed by atoms with van der Waals surface area (Å²) in [5.74, 6) is 0.524. The molecule has 1 amide bonds. The first-order valence-electron chi connectivity index (χ1n) is 9.06. The predicted molar refractivity (Wildman–Crippen MR) is 112 cm³/mol. The van der Waals surface area contributed by atoms with Crippen LogP contribution in [0.15, 0.2) is 54.7 Å². The van der Waals surface area contributed by atoms with Gasteiger partial charge < -0.3 is 14.5 Å². The molecule has 144 valence electrons. The molecule has 3 aromatic rings. The molecule has 0 aliphatic carbocycles. The monoisotopic (exact) mass is 415 g/mol. The van der Waals surface area contributed by atoms with E-state index in [2.05, 4.69) is 9.88 Å². The number of aromatic nitrogens is 1. The summed E-state index contributed by atoms with van der Waals surface area (Å²) in [7, 11) is 0. The lowest BCUT2D eigenvalue weighted by Crippen LogP contribution is -2.50. The summed E-state index contributed by atoms with van der Waals surface area (Å²) >= 11 is 12.3. The van der Waals surface area contributed by atoms with Crippen LogP contribution in [-0.2, 0) is 4.79 Å². The van der Waals surface area contributed by atoms with E-state index in [1.54, 1.807) is 18.3 Å². The first-order valence-corrected chi connectivity index (χ1v) is 9.82. The number of amides is 1. The lowest BCUT2D eigenvalue weighted by atomic mass is 10.2. The van der Waals surface area contributed by atoms with Crippen molar-refractivity contribution in [3.63, 3.8) is 0 Å². The van der Waals surface area contributed by atoms with Gasteiger partial charge in [0.2, 0.25) is 0 Å². The van der Waals surface area contributed by atoms with Gasteiger partial charge in [-0.25, -0.2) is 0 Å². The van der Waals surface area contributed by atoms with Crippen LogP contribution in [0.4, 0.5) is 5.69 Å². The van der Waals surface area contributed by atoms with Crippen molar-refractivity contribution in [1.29, 1.82) is 0 Å². The average molecular weight is 416 g/mol. The van der Waals surface area contributed by atoms with Crippen LogP contribution in [0.3, 0.4) is 0 Å². The number of ether oxygens (including phenoxy) is 1. The first-order chi connectivity index (χ1) is 13.6. The lowest BCUT2D eigenvalue weighted by molar-refractivity contribution is -0.133. The summed E-state index contributed by atoms with van der Waals surface area (Å²) in [6, 6.07) is 15.0. The van der Waals surface area contributed by atoms with Crippen molar-refractivity contribution in [3.05, 3.63) is 64.8 Å². The fourth-order valence-electron chi connectivity index (χ4n) is 3.35. The van der Waals surface area contributed by atoms with Crippen LogP contribution in [0.25, 0.3) is 10.9 Å². The van der Waals surface area contributed by atoms with Gasteiger partial charge in [-0.05, 0) is 42.5 Å². The minimum absolute atomic E-state index is 0.0233. The fraction of sp³-hybridized carbons (Fsp3) is 0.238. The van der Waals surface area contributed by atoms with Gasteiger partial charge in [0.1, 0.15) is 11.3 Å². The SMILES string of the molecule is O=C(COc1ccc(Cl)c2cccnc12)N1CCN(c2cccc(Cl)c2)CC1. The summed E-state index contributed by atoms with van der Waals surface area (Å²) in [5, 5.41) is 2.14. The number of carbonyl (C=O) groups excluding carboxylic acids is 1. The number of carbonyl (C=O) groups is 1. The van der Waals surface area contributed by atoms with E-state index in [0.29, 0.717) is 34.4 Å². The predicted octanol–water partition coefficient (Wildman–Crippen LogP) is 4.27. The molecule has 0 spiro atoms. The van der Waals surface area contributed by atoms with Gasteiger partial charge in [-0.15, -0.1) is 0 Å². The zero-order valence-corrected chi connectivity index (χ0v) is 16.7. The van der Waals surface area contributed by atoms with E-state index < -0.39 is 0 Å². The van der Waals surface area contributed by atoms with Crippen molar-refractivity contribution in [1.82, 2.24) is 9.88 Å². The largest absolute Gasteiger partial charge is 0.481 e. The van der Waals surface area contributed by atoms with Crippen molar-refractivity contribution in [2.24, 2.45) is 0 Å². The summed E-state index contributed by atoms with van der Waals surface area (Å²) < 4.78 is 5.77. The maximum Gasteiger partial charge on any atom is 0.260 e. The van der Waals surface area contributed by atoms with Gasteiger partial charge >= 0.3 is 0 Å². The molecule has 7 heteroatoms. The highest BCUT2D eigenvalue weighted by molar-refractivity contribution is 6.35. The van der Waals surface area contributed by atoms with E-state index in [4.69, 9.17) is 27.9 Å². The number of fused-ring (bicyclic) bond motifs is 1. The maximum absolute atomic E-state index is 12.6. The Bertz CT molecular complexity index is 1000. The number of pyridine rings is 1. The van der Waals surface area contributed by atoms with Crippen LogP contribution in [0.1, 0.15) is 0 Å². The highest BCUT2D eigenvalue weighted by Crippen LogP contribution is 2.29. The van der Waals surface area contributed by atoms with Gasteiger partial charge in [0.25, 0.3) is 5.91 Å². The molecule has 1 saturated heterocycles. The van der Waals surface area contributed by atoms with E-state index in [1.165, 1.54) is 0 Å². The molecule has 28 heavy (non-hydrogen) atoms. The molecule has 1 fully saturated rings. The number of hydrogen-bond donors (Lipinski definition) is 0. The van der Waals surface area contributed by atoms with Crippen molar-refractivity contribution in [2.45, 2.75) is 0 Å². The molecule has 1 aromatic heterocycles. The summed E-state index contributed by atoms with van der Waals surface area (Å²) in [6.45, 7) is 2.79. The van der Waals surface area contributed by atoms with Crippen LogP contribution >= 0.6 is 23.2 Å². The van der Waals surface area contributed by atoms with Gasteiger partial charge in [-0.2, -0.15) is 0 Å². The molecule has 5 nitrogen and oxygen atoms in total. The first kappa shape index (κ1) is 18.8. The Balaban J connectivity index is 1.36. The third kappa shape index (κ3) is 4.01. The molecule has 0 N–H and O–H groups in total. The highest BCUT2D eigenvalue weighted by Gasteiger charge is 2.22. The quantitative estimate of drug-likeness (QED) is 0.638. The average Bonchev–Trinajstić information content (AvgIpc) is 2.73. The normalized spacial score (nSPS) is 14.4. The number of benzene rings is 2. The van der Waals surface area contributed by atoms with Crippen LogP contribution in [0.2, 0.25) is 10.0 Å². The molecule has 2 aromatic carbocycles. The number of hydrogen-bond acceptors (Lipinski definition) is 4. The van der Waals surface area contributed by atoms with Crippen LogP contribution in [-0.4, -0.2) is 48.6 Å². The summed E-state index contributed by atoms with van der Waals surface area (Å²) in [4.78, 5) is 21.0. The van der Waals surface area contributed by atoms with Gasteiger partial charge in [-0.1, -0.05) is 29.3 Å². The maximum atomic E-state index is 12.6. The van der Waals surface area contributed by atoms with E-state index in [1.807, 2.05) is 41.3 Å². The second-order valence-electron chi connectivity index (χ2n) is 6.58. The Morgan fingerprint density at radius 3 is 2.64 bits per heavy atom. The molecule has 4 rings (SSSR count). The van der Waals surface area contributed by atoms with Crippen LogP contribution < -0.4 is 9.64 Å². The lowest BCUT2D eigenvalue weighted by Gasteiger charge is -2.36. The molecule has 0 radical (unpaired) electrons. The number of nitrogens with zero attached hydrogens (tertiary/aromatic N) is 3. The Morgan fingerprint density at radius 1 is 1.04 bits per heavy atom. The van der Waals surface area contributed by atoms with Crippen molar-refractivity contribution in [2.75, 3.05) is 37.7 Å². The Labute approximate surface area is 173 Å². The van der Waals surface area contributed by atoms with Gasteiger partial charge in [-0.3, -0.25) is 9.78 Å². The number of piperazine rings is 1. The smallest absolute Gasteiger partial charge is 0.260 e. The standard InChI is InChI=1S/C21H19Cl2N3O2/c22-15-3-1-4-16(13-15)25-9-11-26(12-10-25)20(27)14-28-19-7-6-18(23)17-5-2-8-24-21(17)19/h1-8,13H,9-12,14H2. The Morgan fingerprint density at radius 2 is 1.86 bits per heavy atom. The molecule has 0 atom stereocenters. The molecule has 0 saturated carbocycles. The molecule has 2 heterocycles. The molecular formula is C21H19Cl2N3O2. The van der Waals surface area contributed by atoms with Crippen molar-refractivity contribution in [3.8, 4) is 5.75 Å². The minimum atomic E-state index is -0.0372. The van der Waals surface area contributed by atoms with E-state index in [9.17, 15) is 4.79 Å². The number of anilines is 1. The molecule has 1 aliphatic rings. The minimum Gasteiger partial charge on any atom is -0.481 e. The number of rotatable bonds is 4. The highest BCUT2D eigenvalue weighted by atomic mass is 35.5. The Hall–Kier alpha value is -2.50. The van der Waals surface area contributed by atoms with E-state index in [0.717, 1.165) is 24.2 Å². The third-order valence-electron chi connectivity index (χ3n) is 4.84. The van der Waals surface area contributed by atoms with E-state index in [-0.39, 0.29) is 12.5 Å². The molecule has 0 unspecified atom stereocenters. The Kier molecular flexibility index (Phi) is 5.55.